The van der Waals surface area contributed by atoms with Crippen molar-refractivity contribution in [3.8, 4) is 0 Å². The second kappa shape index (κ2) is 10.3. The van der Waals surface area contributed by atoms with Crippen LogP contribution < -0.4 is 0 Å². The normalized spacial score (nSPS) is 27.7. The molecule has 0 unspecified atom stereocenters. The molecule has 180 valence electrons. The number of fused-ring (bicyclic) bond motifs is 5. The summed E-state index contributed by atoms with van der Waals surface area (Å²) in [5.41, 5.74) is 4.60. The molecule has 4 atom stereocenters. The Morgan fingerprint density at radius 1 is 1.03 bits per heavy atom. The maximum atomic E-state index is 13.7. The maximum Gasteiger partial charge on any atom is 0.290 e. The van der Waals surface area contributed by atoms with Crippen molar-refractivity contribution < 1.29 is 19.4 Å². The Kier molecular flexibility index (Phi) is 6.97. The third-order valence-electron chi connectivity index (χ3n) is 8.20. The lowest BCUT2D eigenvalue weighted by Crippen LogP contribution is -2.64. The summed E-state index contributed by atoms with van der Waals surface area (Å²) < 4.78 is 5.64. The fraction of sp³-hybridized carbons (Fsp3) is 0.500. The lowest BCUT2D eigenvalue weighted by Gasteiger charge is -2.57. The molecule has 4 aliphatic heterocycles. The van der Waals surface area contributed by atoms with Gasteiger partial charge >= 0.3 is 0 Å². The van der Waals surface area contributed by atoms with E-state index in [2.05, 4.69) is 46.2 Å². The van der Waals surface area contributed by atoms with Crippen molar-refractivity contribution in [2.24, 2.45) is 11.8 Å². The van der Waals surface area contributed by atoms with E-state index in [9.17, 15) is 4.79 Å². The van der Waals surface area contributed by atoms with Gasteiger partial charge < -0.3 is 14.7 Å². The largest absolute Gasteiger partial charge is 0.483 e. The van der Waals surface area contributed by atoms with Crippen LogP contribution in [0.2, 0.25) is 0 Å². The van der Waals surface area contributed by atoms with E-state index in [1.807, 2.05) is 12.1 Å². The van der Waals surface area contributed by atoms with Gasteiger partial charge in [-0.05, 0) is 66.8 Å². The first-order valence-corrected chi connectivity index (χ1v) is 12.5. The molecular formula is C28H34N2O4. The molecule has 0 spiro atoms. The zero-order valence-corrected chi connectivity index (χ0v) is 19.6. The fourth-order valence-corrected chi connectivity index (χ4v) is 6.78. The number of hydrogen-bond acceptors (Lipinski definition) is 4. The molecule has 2 bridgehead atoms. The number of carboxylic acid groups (broad SMARTS) is 1. The topological polar surface area (TPSA) is 70.1 Å². The molecule has 2 aromatic rings. The Morgan fingerprint density at radius 2 is 1.82 bits per heavy atom. The molecule has 0 aromatic heterocycles. The molecule has 3 fully saturated rings. The van der Waals surface area contributed by atoms with E-state index in [4.69, 9.17) is 14.6 Å². The summed E-state index contributed by atoms with van der Waals surface area (Å²) in [6.07, 6.45) is 6.32. The van der Waals surface area contributed by atoms with Gasteiger partial charge in [0.25, 0.3) is 12.4 Å². The highest BCUT2D eigenvalue weighted by atomic mass is 16.5. The van der Waals surface area contributed by atoms with E-state index in [0.29, 0.717) is 37.1 Å². The fourth-order valence-electron chi connectivity index (χ4n) is 6.78. The molecule has 2 aromatic carbocycles. The number of nitrogens with zero attached hydrogens (tertiary/aromatic N) is 2. The summed E-state index contributed by atoms with van der Waals surface area (Å²) >= 11 is 0. The Hall–Kier alpha value is -2.70. The average molecular weight is 463 g/mol. The Balaban J connectivity index is 0.000000764. The van der Waals surface area contributed by atoms with E-state index in [1.54, 1.807) is 0 Å². The highest BCUT2D eigenvalue weighted by molar-refractivity contribution is 5.96. The lowest BCUT2D eigenvalue weighted by atomic mass is 9.71. The highest BCUT2D eigenvalue weighted by Gasteiger charge is 2.48. The lowest BCUT2D eigenvalue weighted by molar-refractivity contribution is -0.122. The molecule has 4 aliphatic rings. The Labute approximate surface area is 201 Å². The smallest absolute Gasteiger partial charge is 0.290 e. The van der Waals surface area contributed by atoms with Gasteiger partial charge in [-0.25, -0.2) is 0 Å². The van der Waals surface area contributed by atoms with Gasteiger partial charge in [0.2, 0.25) is 0 Å². The summed E-state index contributed by atoms with van der Waals surface area (Å²) in [6.45, 7) is 4.00. The Morgan fingerprint density at radius 3 is 2.65 bits per heavy atom. The van der Waals surface area contributed by atoms with Crippen LogP contribution in [-0.4, -0.2) is 59.0 Å². The van der Waals surface area contributed by atoms with Crippen LogP contribution in [0, 0.1) is 11.8 Å². The first-order valence-electron chi connectivity index (χ1n) is 12.5. The van der Waals surface area contributed by atoms with Crippen molar-refractivity contribution >= 4 is 12.4 Å². The number of amides is 1. The molecule has 6 rings (SSSR count). The highest BCUT2D eigenvalue weighted by Crippen LogP contribution is 2.42. The van der Waals surface area contributed by atoms with Crippen LogP contribution in [0.5, 0.6) is 0 Å². The predicted molar refractivity (Wildman–Crippen MR) is 129 cm³/mol. The van der Waals surface area contributed by atoms with E-state index in [1.165, 1.54) is 43.4 Å². The minimum atomic E-state index is -0.250. The van der Waals surface area contributed by atoms with Gasteiger partial charge in [-0.1, -0.05) is 48.9 Å². The van der Waals surface area contributed by atoms with Crippen molar-refractivity contribution in [2.75, 3.05) is 19.6 Å². The molecule has 1 amide bonds. The number of piperidine rings is 3. The molecule has 6 nitrogen and oxygen atoms in total. The van der Waals surface area contributed by atoms with Crippen LogP contribution in [0.3, 0.4) is 0 Å². The second-order valence-corrected chi connectivity index (χ2v) is 10.1. The van der Waals surface area contributed by atoms with Gasteiger partial charge in [0.15, 0.2) is 0 Å². The van der Waals surface area contributed by atoms with Gasteiger partial charge in [0, 0.05) is 30.7 Å². The molecular weight excluding hydrogens is 428 g/mol. The molecule has 0 radical (unpaired) electrons. The monoisotopic (exact) mass is 462 g/mol. The van der Waals surface area contributed by atoms with Crippen molar-refractivity contribution in [1.29, 1.82) is 0 Å². The molecule has 4 heterocycles. The van der Waals surface area contributed by atoms with Crippen LogP contribution >= 0.6 is 0 Å². The number of ether oxygens (including phenoxy) is 1. The van der Waals surface area contributed by atoms with Crippen LogP contribution in [0.25, 0.3) is 0 Å². The predicted octanol–water partition coefficient (Wildman–Crippen LogP) is 3.98. The quantitative estimate of drug-likeness (QED) is 0.699. The third kappa shape index (κ3) is 4.49. The summed E-state index contributed by atoms with van der Waals surface area (Å²) in [7, 11) is 0. The minimum absolute atomic E-state index is 0.222. The van der Waals surface area contributed by atoms with E-state index >= 15 is 0 Å². The van der Waals surface area contributed by atoms with Crippen LogP contribution in [-0.2, 0) is 29.2 Å². The molecule has 1 N–H and O–H groups in total. The van der Waals surface area contributed by atoms with Crippen LogP contribution in [0.4, 0.5) is 0 Å². The van der Waals surface area contributed by atoms with Crippen molar-refractivity contribution in [2.45, 2.75) is 57.4 Å². The van der Waals surface area contributed by atoms with Crippen molar-refractivity contribution in [3.63, 3.8) is 0 Å². The van der Waals surface area contributed by atoms with Gasteiger partial charge in [0.05, 0.1) is 13.2 Å². The van der Waals surface area contributed by atoms with Gasteiger partial charge in [-0.3, -0.25) is 14.5 Å². The van der Waals surface area contributed by atoms with Gasteiger partial charge in [0.1, 0.15) is 0 Å². The van der Waals surface area contributed by atoms with Crippen molar-refractivity contribution in [3.05, 3.63) is 70.8 Å². The molecule has 34 heavy (non-hydrogen) atoms. The third-order valence-corrected chi connectivity index (χ3v) is 8.20. The van der Waals surface area contributed by atoms with Gasteiger partial charge in [-0.2, -0.15) is 0 Å². The zero-order chi connectivity index (χ0) is 23.5. The summed E-state index contributed by atoms with van der Waals surface area (Å²) in [5, 5.41) is 6.89. The van der Waals surface area contributed by atoms with E-state index < -0.39 is 0 Å². The standard InChI is InChI=1S/C27H32N2O2.CH2O2/c30-27(23-10-6-9-20-17-31-18-24(20)23)28-15-21-14-22(16-28)26(13-19-7-2-1-3-8-19)29-12-5-4-11-25(21)29;2-1-3/h1-3,6-10,21-22,25-26H,4-5,11-18H2;1H,(H,2,3)/t21-,22+,25+,26+;/m1./s1. The van der Waals surface area contributed by atoms with E-state index in [-0.39, 0.29) is 12.4 Å². The van der Waals surface area contributed by atoms with Crippen molar-refractivity contribution in [1.82, 2.24) is 9.80 Å². The number of carbonyl (C=O) groups is 2. The maximum absolute atomic E-state index is 13.7. The number of hydrogen-bond donors (Lipinski definition) is 1. The summed E-state index contributed by atoms with van der Waals surface area (Å²) in [4.78, 5) is 27.1. The number of carbonyl (C=O) groups excluding carboxylic acids is 1. The van der Waals surface area contributed by atoms with Crippen LogP contribution in [0.15, 0.2) is 48.5 Å². The molecule has 3 saturated heterocycles. The summed E-state index contributed by atoms with van der Waals surface area (Å²) in [5.74, 6) is 1.40. The number of benzene rings is 2. The SMILES string of the molecule is O=C(c1cccc2c1COC2)N1C[C@H]2C[C@@H](C1)[C@H](Cc1ccccc1)N1CCCC[C@@H]21.O=CO. The molecule has 0 saturated carbocycles. The molecule has 0 aliphatic carbocycles. The summed E-state index contributed by atoms with van der Waals surface area (Å²) in [6, 6.07) is 18.3. The number of likely N-dealkylation sites (tertiary alicyclic amines) is 1. The second-order valence-electron chi connectivity index (χ2n) is 10.1. The average Bonchev–Trinajstić information content (AvgIpc) is 3.36. The van der Waals surface area contributed by atoms with Crippen LogP contribution in [0.1, 0.15) is 52.7 Å². The zero-order valence-electron chi connectivity index (χ0n) is 19.6. The Bertz CT molecular complexity index is 1010. The molecule has 6 heteroatoms. The minimum Gasteiger partial charge on any atom is -0.483 e. The van der Waals surface area contributed by atoms with Gasteiger partial charge in [-0.15, -0.1) is 0 Å². The first-order chi connectivity index (χ1) is 16.7. The first kappa shape index (κ1) is 23.1. The van der Waals surface area contributed by atoms with E-state index in [0.717, 1.165) is 30.6 Å². The number of rotatable bonds is 3.